The van der Waals surface area contributed by atoms with Gasteiger partial charge in [-0.3, -0.25) is 9.59 Å². The topological polar surface area (TPSA) is 75.4 Å². The summed E-state index contributed by atoms with van der Waals surface area (Å²) >= 11 is 0. The Morgan fingerprint density at radius 2 is 1.85 bits per heavy atom. The number of carbonyl (C=O) groups excluding carboxylic acids is 2. The molecule has 2 amide bonds. The first-order chi connectivity index (χ1) is 9.19. The molecule has 0 bridgehead atoms. The standard InChI is InChI=1S/C15H29N3O2/c1-15(2,3)17-13(19)10-18(4)14(20)9-11-7-5-6-8-12(11)16/h11-12H,5-10,16H2,1-4H3,(H,17,19). The van der Waals surface area contributed by atoms with Crippen molar-refractivity contribution >= 4 is 11.8 Å². The largest absolute Gasteiger partial charge is 0.350 e. The van der Waals surface area contributed by atoms with Crippen LogP contribution in [0.3, 0.4) is 0 Å². The third-order valence-corrected chi connectivity index (χ3v) is 3.73. The molecule has 3 N–H and O–H groups in total. The van der Waals surface area contributed by atoms with Crippen molar-refractivity contribution < 1.29 is 9.59 Å². The molecule has 2 atom stereocenters. The van der Waals surface area contributed by atoms with E-state index in [0.717, 1.165) is 25.7 Å². The van der Waals surface area contributed by atoms with Crippen LogP contribution in [-0.2, 0) is 9.59 Å². The highest BCUT2D eigenvalue weighted by atomic mass is 16.2. The molecule has 0 heterocycles. The molecule has 0 spiro atoms. The maximum atomic E-state index is 12.1. The first kappa shape index (κ1) is 17.0. The summed E-state index contributed by atoms with van der Waals surface area (Å²) in [7, 11) is 1.68. The van der Waals surface area contributed by atoms with E-state index in [2.05, 4.69) is 5.32 Å². The number of likely N-dealkylation sites (N-methyl/N-ethyl adjacent to an activating group) is 1. The van der Waals surface area contributed by atoms with E-state index in [-0.39, 0.29) is 35.9 Å². The third-order valence-electron chi connectivity index (χ3n) is 3.73. The van der Waals surface area contributed by atoms with E-state index in [1.165, 1.54) is 4.90 Å². The van der Waals surface area contributed by atoms with Gasteiger partial charge in [-0.2, -0.15) is 0 Å². The molecule has 2 unspecified atom stereocenters. The van der Waals surface area contributed by atoms with Gasteiger partial charge in [0.25, 0.3) is 0 Å². The van der Waals surface area contributed by atoms with Gasteiger partial charge in [-0.15, -0.1) is 0 Å². The molecule has 0 aromatic heterocycles. The van der Waals surface area contributed by atoms with Crippen molar-refractivity contribution in [3.8, 4) is 0 Å². The molecule has 0 aromatic rings. The highest BCUT2D eigenvalue weighted by molar-refractivity contribution is 5.85. The molecule has 0 aromatic carbocycles. The minimum atomic E-state index is -0.271. The Hall–Kier alpha value is -1.10. The quantitative estimate of drug-likeness (QED) is 0.816. The van der Waals surface area contributed by atoms with Crippen LogP contribution in [0, 0.1) is 5.92 Å². The zero-order valence-electron chi connectivity index (χ0n) is 13.2. The van der Waals surface area contributed by atoms with Crippen molar-refractivity contribution in [3.63, 3.8) is 0 Å². The fourth-order valence-corrected chi connectivity index (χ4v) is 2.63. The van der Waals surface area contributed by atoms with E-state index in [1.807, 2.05) is 20.8 Å². The summed E-state index contributed by atoms with van der Waals surface area (Å²) in [6.07, 6.45) is 4.80. The zero-order valence-corrected chi connectivity index (χ0v) is 13.2. The molecule has 116 valence electrons. The first-order valence-electron chi connectivity index (χ1n) is 7.49. The van der Waals surface area contributed by atoms with Crippen LogP contribution in [0.15, 0.2) is 0 Å². The lowest BCUT2D eigenvalue weighted by molar-refractivity contribution is -0.136. The van der Waals surface area contributed by atoms with Crippen LogP contribution in [0.2, 0.25) is 0 Å². The van der Waals surface area contributed by atoms with Gasteiger partial charge >= 0.3 is 0 Å². The van der Waals surface area contributed by atoms with E-state index >= 15 is 0 Å². The zero-order chi connectivity index (χ0) is 15.3. The Balaban J connectivity index is 2.40. The van der Waals surface area contributed by atoms with Crippen LogP contribution < -0.4 is 11.1 Å². The summed E-state index contributed by atoms with van der Waals surface area (Å²) in [5, 5.41) is 2.86. The second kappa shape index (κ2) is 7.07. The smallest absolute Gasteiger partial charge is 0.240 e. The Labute approximate surface area is 122 Å². The molecule has 20 heavy (non-hydrogen) atoms. The summed E-state index contributed by atoms with van der Waals surface area (Å²) in [6, 6.07) is 0.129. The van der Waals surface area contributed by atoms with Crippen LogP contribution in [0.1, 0.15) is 52.9 Å². The molecule has 1 aliphatic rings. The summed E-state index contributed by atoms with van der Waals surface area (Å²) in [6.45, 7) is 5.88. The molecule has 0 radical (unpaired) electrons. The molecular weight excluding hydrogens is 254 g/mol. The average molecular weight is 283 g/mol. The van der Waals surface area contributed by atoms with Crippen LogP contribution >= 0.6 is 0 Å². The van der Waals surface area contributed by atoms with Gasteiger partial charge in [0.15, 0.2) is 0 Å². The van der Waals surface area contributed by atoms with E-state index in [4.69, 9.17) is 5.73 Å². The van der Waals surface area contributed by atoms with Gasteiger partial charge in [0.05, 0.1) is 6.54 Å². The van der Waals surface area contributed by atoms with E-state index in [9.17, 15) is 9.59 Å². The predicted molar refractivity (Wildman–Crippen MR) is 80.1 cm³/mol. The van der Waals surface area contributed by atoms with Gasteiger partial charge in [-0.1, -0.05) is 12.8 Å². The predicted octanol–water partition coefficient (Wildman–Crippen LogP) is 1.27. The Kier molecular flexibility index (Phi) is 5.99. The Bertz CT molecular complexity index is 350. The third kappa shape index (κ3) is 5.90. The minimum absolute atomic E-state index is 0.0106. The molecule has 1 fully saturated rings. The van der Waals surface area contributed by atoms with Crippen LogP contribution in [0.25, 0.3) is 0 Å². The molecule has 0 saturated heterocycles. The van der Waals surface area contributed by atoms with Crippen LogP contribution in [0.5, 0.6) is 0 Å². The number of nitrogens with zero attached hydrogens (tertiary/aromatic N) is 1. The van der Waals surface area contributed by atoms with Crippen LogP contribution in [-0.4, -0.2) is 41.9 Å². The maximum absolute atomic E-state index is 12.1. The summed E-state index contributed by atoms with van der Waals surface area (Å²) < 4.78 is 0. The number of amides is 2. The monoisotopic (exact) mass is 283 g/mol. The van der Waals surface area contributed by atoms with Gasteiger partial charge < -0.3 is 16.0 Å². The number of hydrogen-bond donors (Lipinski definition) is 2. The average Bonchev–Trinajstić information content (AvgIpc) is 2.29. The molecule has 5 nitrogen and oxygen atoms in total. The fourth-order valence-electron chi connectivity index (χ4n) is 2.63. The second-order valence-electron chi connectivity index (χ2n) is 6.96. The van der Waals surface area contributed by atoms with Crippen molar-refractivity contribution in [2.75, 3.05) is 13.6 Å². The highest BCUT2D eigenvalue weighted by Crippen LogP contribution is 2.26. The van der Waals surface area contributed by atoms with Crippen molar-refractivity contribution in [1.82, 2.24) is 10.2 Å². The van der Waals surface area contributed by atoms with Crippen molar-refractivity contribution in [2.24, 2.45) is 11.7 Å². The molecular formula is C15H29N3O2. The summed E-state index contributed by atoms with van der Waals surface area (Å²) in [5.41, 5.74) is 5.79. The van der Waals surface area contributed by atoms with E-state index < -0.39 is 0 Å². The number of nitrogens with two attached hydrogens (primary N) is 1. The normalized spacial score (nSPS) is 23.2. The number of rotatable bonds is 4. The van der Waals surface area contributed by atoms with E-state index in [1.54, 1.807) is 7.05 Å². The number of carbonyl (C=O) groups is 2. The van der Waals surface area contributed by atoms with Gasteiger partial charge in [-0.25, -0.2) is 0 Å². The molecule has 1 saturated carbocycles. The maximum Gasteiger partial charge on any atom is 0.240 e. The number of nitrogens with one attached hydrogen (secondary N) is 1. The fraction of sp³-hybridized carbons (Fsp3) is 0.867. The van der Waals surface area contributed by atoms with Gasteiger partial charge in [-0.05, 0) is 39.5 Å². The Morgan fingerprint density at radius 1 is 1.25 bits per heavy atom. The lowest BCUT2D eigenvalue weighted by Crippen LogP contribution is -2.47. The highest BCUT2D eigenvalue weighted by Gasteiger charge is 2.26. The van der Waals surface area contributed by atoms with Crippen molar-refractivity contribution in [2.45, 2.75) is 64.5 Å². The van der Waals surface area contributed by atoms with E-state index in [0.29, 0.717) is 6.42 Å². The number of hydrogen-bond acceptors (Lipinski definition) is 3. The van der Waals surface area contributed by atoms with Gasteiger partial charge in [0.2, 0.25) is 11.8 Å². The lowest BCUT2D eigenvalue weighted by Gasteiger charge is -2.30. The van der Waals surface area contributed by atoms with Crippen LogP contribution in [0.4, 0.5) is 0 Å². The Morgan fingerprint density at radius 3 is 2.40 bits per heavy atom. The molecule has 1 rings (SSSR count). The summed E-state index contributed by atoms with van der Waals surface area (Å²) in [4.78, 5) is 25.5. The molecule has 1 aliphatic carbocycles. The first-order valence-corrected chi connectivity index (χ1v) is 7.49. The lowest BCUT2D eigenvalue weighted by atomic mass is 9.83. The summed E-state index contributed by atoms with van der Waals surface area (Å²) in [5.74, 6) is 0.155. The van der Waals surface area contributed by atoms with Gasteiger partial charge in [0.1, 0.15) is 0 Å². The van der Waals surface area contributed by atoms with Gasteiger partial charge in [0, 0.05) is 25.0 Å². The molecule has 0 aliphatic heterocycles. The SMILES string of the molecule is CN(CC(=O)NC(C)(C)C)C(=O)CC1CCCCC1N. The van der Waals surface area contributed by atoms with Crippen molar-refractivity contribution in [1.29, 1.82) is 0 Å². The minimum Gasteiger partial charge on any atom is -0.350 e. The van der Waals surface area contributed by atoms with Crippen molar-refractivity contribution in [3.05, 3.63) is 0 Å². The molecule has 5 heteroatoms. The second-order valence-corrected chi connectivity index (χ2v) is 6.96.